The predicted molar refractivity (Wildman–Crippen MR) is 62.7 cm³/mol. The Bertz CT molecular complexity index is 179. The molecule has 88 valence electrons. The second kappa shape index (κ2) is 5.86. The van der Waals surface area contributed by atoms with Gasteiger partial charge in [-0.05, 0) is 37.5 Å². The van der Waals surface area contributed by atoms with Crippen LogP contribution in [0.5, 0.6) is 0 Å². The summed E-state index contributed by atoms with van der Waals surface area (Å²) in [5, 5.41) is 0. The maximum Gasteiger partial charge on any atom is 0.0469 e. The van der Waals surface area contributed by atoms with E-state index in [1.54, 1.807) is 0 Å². The third-order valence-corrected chi connectivity index (χ3v) is 4.25. The predicted octanol–water partition coefficient (Wildman–Crippen LogP) is 2.71. The van der Waals surface area contributed by atoms with Crippen LogP contribution in [0.15, 0.2) is 0 Å². The highest BCUT2D eigenvalue weighted by atomic mass is 16.5. The molecule has 0 spiro atoms. The summed E-state index contributed by atoms with van der Waals surface area (Å²) in [6.45, 7) is 1.91. The van der Waals surface area contributed by atoms with Gasteiger partial charge < -0.3 is 10.5 Å². The van der Waals surface area contributed by atoms with Gasteiger partial charge in [0.25, 0.3) is 0 Å². The summed E-state index contributed by atoms with van der Waals surface area (Å²) in [6, 6.07) is 0.459. The van der Waals surface area contributed by atoms with Crippen LogP contribution in [-0.2, 0) is 4.74 Å². The van der Waals surface area contributed by atoms with Gasteiger partial charge in [0.05, 0.1) is 0 Å². The van der Waals surface area contributed by atoms with E-state index < -0.39 is 0 Å². The molecule has 15 heavy (non-hydrogen) atoms. The summed E-state index contributed by atoms with van der Waals surface area (Å²) in [6.07, 6.45) is 10.7. The SMILES string of the molecule is NC1CCCC1CCOCCC1CCC1. The third-order valence-electron chi connectivity index (χ3n) is 4.25. The standard InChI is InChI=1S/C13H25NO/c14-13-6-2-5-12(13)8-10-15-9-7-11-3-1-4-11/h11-13H,1-10,14H2. The van der Waals surface area contributed by atoms with Gasteiger partial charge in [0.15, 0.2) is 0 Å². The molecule has 2 unspecified atom stereocenters. The molecule has 2 atom stereocenters. The van der Waals surface area contributed by atoms with Crippen molar-refractivity contribution < 1.29 is 4.74 Å². The van der Waals surface area contributed by atoms with E-state index in [1.807, 2.05) is 0 Å². The molecule has 0 aliphatic heterocycles. The number of rotatable bonds is 6. The average Bonchev–Trinajstić information content (AvgIpc) is 2.55. The topological polar surface area (TPSA) is 35.2 Å². The van der Waals surface area contributed by atoms with Crippen molar-refractivity contribution in [3.8, 4) is 0 Å². The normalized spacial score (nSPS) is 31.8. The highest BCUT2D eigenvalue weighted by molar-refractivity contribution is 4.79. The van der Waals surface area contributed by atoms with Gasteiger partial charge in [0.2, 0.25) is 0 Å². The molecule has 0 aromatic rings. The van der Waals surface area contributed by atoms with Gasteiger partial charge in [-0.2, -0.15) is 0 Å². The number of hydrogen-bond donors (Lipinski definition) is 1. The van der Waals surface area contributed by atoms with Crippen LogP contribution in [0.2, 0.25) is 0 Å². The maximum atomic E-state index is 6.02. The van der Waals surface area contributed by atoms with Gasteiger partial charge in [-0.25, -0.2) is 0 Å². The van der Waals surface area contributed by atoms with E-state index in [-0.39, 0.29) is 0 Å². The summed E-state index contributed by atoms with van der Waals surface area (Å²) >= 11 is 0. The van der Waals surface area contributed by atoms with Crippen molar-refractivity contribution in [3.63, 3.8) is 0 Å². The van der Waals surface area contributed by atoms with Crippen LogP contribution in [-0.4, -0.2) is 19.3 Å². The fraction of sp³-hybridized carbons (Fsp3) is 1.00. The molecule has 2 N–H and O–H groups in total. The van der Waals surface area contributed by atoms with Crippen molar-refractivity contribution >= 4 is 0 Å². The molecule has 2 aliphatic rings. The van der Waals surface area contributed by atoms with Crippen LogP contribution in [0.4, 0.5) is 0 Å². The fourth-order valence-corrected chi connectivity index (χ4v) is 2.79. The van der Waals surface area contributed by atoms with Crippen molar-refractivity contribution in [3.05, 3.63) is 0 Å². The number of ether oxygens (including phenoxy) is 1. The van der Waals surface area contributed by atoms with Crippen LogP contribution in [0.3, 0.4) is 0 Å². The summed E-state index contributed by atoms with van der Waals surface area (Å²) in [5.41, 5.74) is 6.02. The van der Waals surface area contributed by atoms with Crippen LogP contribution in [0, 0.1) is 11.8 Å². The molecule has 2 saturated carbocycles. The lowest BCUT2D eigenvalue weighted by molar-refractivity contribution is 0.0949. The van der Waals surface area contributed by atoms with Gasteiger partial charge in [-0.15, -0.1) is 0 Å². The summed E-state index contributed by atoms with van der Waals surface area (Å²) < 4.78 is 5.69. The quantitative estimate of drug-likeness (QED) is 0.686. The molecule has 2 fully saturated rings. The van der Waals surface area contributed by atoms with Crippen LogP contribution in [0.25, 0.3) is 0 Å². The Morgan fingerprint density at radius 2 is 1.67 bits per heavy atom. The summed E-state index contributed by atoms with van der Waals surface area (Å²) in [5.74, 6) is 1.73. The zero-order valence-corrected chi connectivity index (χ0v) is 9.79. The van der Waals surface area contributed by atoms with E-state index in [0.29, 0.717) is 6.04 Å². The van der Waals surface area contributed by atoms with Gasteiger partial charge in [-0.1, -0.05) is 25.7 Å². The minimum absolute atomic E-state index is 0.459. The molecule has 0 radical (unpaired) electrons. The first-order valence-corrected chi connectivity index (χ1v) is 6.69. The van der Waals surface area contributed by atoms with Crippen molar-refractivity contribution in [2.45, 2.75) is 57.4 Å². The second-order valence-electron chi connectivity index (χ2n) is 5.34. The van der Waals surface area contributed by atoms with E-state index in [9.17, 15) is 0 Å². The monoisotopic (exact) mass is 211 g/mol. The highest BCUT2D eigenvalue weighted by Crippen LogP contribution is 2.29. The first-order valence-electron chi connectivity index (χ1n) is 6.69. The minimum atomic E-state index is 0.459. The molecule has 0 aromatic carbocycles. The lowest BCUT2D eigenvalue weighted by Crippen LogP contribution is -2.25. The Morgan fingerprint density at radius 1 is 0.933 bits per heavy atom. The van der Waals surface area contributed by atoms with Crippen LogP contribution in [0.1, 0.15) is 51.4 Å². The van der Waals surface area contributed by atoms with Crippen molar-refractivity contribution in [2.24, 2.45) is 17.6 Å². The molecule has 2 nitrogen and oxygen atoms in total. The van der Waals surface area contributed by atoms with Crippen molar-refractivity contribution in [2.75, 3.05) is 13.2 Å². The van der Waals surface area contributed by atoms with Gasteiger partial charge in [0, 0.05) is 19.3 Å². The maximum absolute atomic E-state index is 6.02. The lowest BCUT2D eigenvalue weighted by atomic mass is 9.83. The molecule has 2 heteroatoms. The molecule has 2 rings (SSSR count). The smallest absolute Gasteiger partial charge is 0.0469 e. The molecule has 0 saturated heterocycles. The van der Waals surface area contributed by atoms with Gasteiger partial charge in [-0.3, -0.25) is 0 Å². The summed E-state index contributed by atoms with van der Waals surface area (Å²) in [7, 11) is 0. The Balaban J connectivity index is 1.44. The van der Waals surface area contributed by atoms with Crippen molar-refractivity contribution in [1.29, 1.82) is 0 Å². The van der Waals surface area contributed by atoms with E-state index in [4.69, 9.17) is 10.5 Å². The average molecular weight is 211 g/mol. The zero-order valence-electron chi connectivity index (χ0n) is 9.79. The lowest BCUT2D eigenvalue weighted by Gasteiger charge is -2.25. The Hall–Kier alpha value is -0.0800. The first-order chi connectivity index (χ1) is 7.36. The highest BCUT2D eigenvalue weighted by Gasteiger charge is 2.23. The Labute approximate surface area is 93.6 Å². The number of nitrogens with two attached hydrogens (primary N) is 1. The molecule has 0 bridgehead atoms. The third kappa shape index (κ3) is 3.46. The van der Waals surface area contributed by atoms with Crippen LogP contribution < -0.4 is 5.73 Å². The molecule has 0 aromatic heterocycles. The zero-order chi connectivity index (χ0) is 10.5. The van der Waals surface area contributed by atoms with Crippen LogP contribution >= 0.6 is 0 Å². The van der Waals surface area contributed by atoms with Crippen molar-refractivity contribution in [1.82, 2.24) is 0 Å². The molecular weight excluding hydrogens is 186 g/mol. The number of hydrogen-bond acceptors (Lipinski definition) is 2. The summed E-state index contributed by atoms with van der Waals surface area (Å²) in [4.78, 5) is 0. The Kier molecular flexibility index (Phi) is 4.45. The van der Waals surface area contributed by atoms with Gasteiger partial charge >= 0.3 is 0 Å². The van der Waals surface area contributed by atoms with E-state index in [1.165, 1.54) is 51.4 Å². The molecule has 0 heterocycles. The largest absolute Gasteiger partial charge is 0.381 e. The molecular formula is C13H25NO. The fourth-order valence-electron chi connectivity index (χ4n) is 2.79. The molecule has 2 aliphatic carbocycles. The van der Waals surface area contributed by atoms with E-state index in [2.05, 4.69) is 0 Å². The van der Waals surface area contributed by atoms with Gasteiger partial charge in [0.1, 0.15) is 0 Å². The second-order valence-corrected chi connectivity index (χ2v) is 5.34. The minimum Gasteiger partial charge on any atom is -0.381 e. The Morgan fingerprint density at radius 3 is 2.27 bits per heavy atom. The van der Waals surface area contributed by atoms with E-state index >= 15 is 0 Å². The van der Waals surface area contributed by atoms with E-state index in [0.717, 1.165) is 25.0 Å². The molecule has 0 amide bonds. The first kappa shape index (κ1) is 11.4.